The standard InChI is InChI=1S/C18H16F3N3O4/c1-27-12-7-8-14(15(9-12)28-2)23-16(25)17(26)24-22-10-11-5-3-4-6-13(11)18(19,20)21/h3-10H,1-2H3,(H,23,25)(H,24,26). The molecule has 28 heavy (non-hydrogen) atoms. The second kappa shape index (κ2) is 8.89. The van der Waals surface area contributed by atoms with E-state index in [0.717, 1.165) is 12.3 Å². The zero-order chi connectivity index (χ0) is 20.7. The Morgan fingerprint density at radius 2 is 1.75 bits per heavy atom. The highest BCUT2D eigenvalue weighted by atomic mass is 19.4. The predicted molar refractivity (Wildman–Crippen MR) is 95.4 cm³/mol. The van der Waals surface area contributed by atoms with Crippen LogP contribution in [0.1, 0.15) is 11.1 Å². The topological polar surface area (TPSA) is 89.0 Å². The third kappa shape index (κ3) is 5.22. The molecular weight excluding hydrogens is 379 g/mol. The third-order valence-corrected chi connectivity index (χ3v) is 3.50. The number of hydrogen-bond donors (Lipinski definition) is 2. The Balaban J connectivity index is 2.04. The molecule has 10 heteroatoms. The first kappa shape index (κ1) is 20.7. The van der Waals surface area contributed by atoms with Gasteiger partial charge in [0.2, 0.25) is 0 Å². The van der Waals surface area contributed by atoms with Gasteiger partial charge in [0.05, 0.1) is 31.7 Å². The molecule has 2 N–H and O–H groups in total. The second-order valence-corrected chi connectivity index (χ2v) is 5.30. The summed E-state index contributed by atoms with van der Waals surface area (Å²) in [6.45, 7) is 0. The van der Waals surface area contributed by atoms with Gasteiger partial charge in [-0.05, 0) is 18.2 Å². The largest absolute Gasteiger partial charge is 0.497 e. The van der Waals surface area contributed by atoms with Crippen LogP contribution in [0.25, 0.3) is 0 Å². The van der Waals surface area contributed by atoms with E-state index in [-0.39, 0.29) is 17.0 Å². The zero-order valence-electron chi connectivity index (χ0n) is 14.8. The van der Waals surface area contributed by atoms with Crippen LogP contribution >= 0.6 is 0 Å². The first-order valence-corrected chi connectivity index (χ1v) is 7.79. The van der Waals surface area contributed by atoms with Crippen LogP contribution in [0.3, 0.4) is 0 Å². The molecule has 0 aliphatic carbocycles. The monoisotopic (exact) mass is 395 g/mol. The van der Waals surface area contributed by atoms with Gasteiger partial charge in [-0.15, -0.1) is 0 Å². The van der Waals surface area contributed by atoms with Crippen molar-refractivity contribution in [2.75, 3.05) is 19.5 Å². The van der Waals surface area contributed by atoms with Crippen molar-refractivity contribution in [1.82, 2.24) is 5.43 Å². The smallest absolute Gasteiger partial charge is 0.417 e. The maximum atomic E-state index is 12.9. The molecule has 0 atom stereocenters. The van der Waals surface area contributed by atoms with E-state index in [1.54, 1.807) is 6.07 Å². The molecule has 7 nitrogen and oxygen atoms in total. The summed E-state index contributed by atoms with van der Waals surface area (Å²) in [4.78, 5) is 23.8. The molecule has 0 unspecified atom stereocenters. The number of anilines is 1. The number of methoxy groups -OCH3 is 2. The van der Waals surface area contributed by atoms with E-state index in [1.165, 1.54) is 44.6 Å². The molecule has 2 aromatic rings. The molecule has 0 saturated carbocycles. The summed E-state index contributed by atoms with van der Waals surface area (Å²) >= 11 is 0. The lowest BCUT2D eigenvalue weighted by Crippen LogP contribution is -2.32. The van der Waals surface area contributed by atoms with Crippen molar-refractivity contribution in [3.8, 4) is 11.5 Å². The van der Waals surface area contributed by atoms with E-state index >= 15 is 0 Å². The van der Waals surface area contributed by atoms with Gasteiger partial charge >= 0.3 is 18.0 Å². The number of nitrogens with one attached hydrogen (secondary N) is 2. The van der Waals surface area contributed by atoms with Crippen LogP contribution in [0.2, 0.25) is 0 Å². The van der Waals surface area contributed by atoms with Crippen LogP contribution in [0.4, 0.5) is 18.9 Å². The number of amides is 2. The Morgan fingerprint density at radius 1 is 1.04 bits per heavy atom. The minimum Gasteiger partial charge on any atom is -0.497 e. The fraction of sp³-hybridized carbons (Fsp3) is 0.167. The van der Waals surface area contributed by atoms with E-state index in [0.29, 0.717) is 5.75 Å². The molecular formula is C18H16F3N3O4. The van der Waals surface area contributed by atoms with Gasteiger partial charge in [0.1, 0.15) is 11.5 Å². The number of hydrogen-bond acceptors (Lipinski definition) is 5. The molecule has 0 radical (unpaired) electrons. The van der Waals surface area contributed by atoms with Crippen LogP contribution in [0.5, 0.6) is 11.5 Å². The average molecular weight is 395 g/mol. The number of carbonyl (C=O) groups is 2. The number of halogens is 3. The maximum absolute atomic E-state index is 12.9. The molecule has 0 fully saturated rings. The first-order valence-electron chi connectivity index (χ1n) is 7.79. The van der Waals surface area contributed by atoms with Crippen molar-refractivity contribution in [3.63, 3.8) is 0 Å². The summed E-state index contributed by atoms with van der Waals surface area (Å²) in [7, 11) is 2.82. The van der Waals surface area contributed by atoms with Crippen LogP contribution in [-0.2, 0) is 15.8 Å². The molecule has 148 valence electrons. The van der Waals surface area contributed by atoms with E-state index in [4.69, 9.17) is 9.47 Å². The van der Waals surface area contributed by atoms with E-state index < -0.39 is 23.6 Å². The minimum atomic E-state index is -4.57. The number of ether oxygens (including phenoxy) is 2. The van der Waals surface area contributed by atoms with Gasteiger partial charge < -0.3 is 14.8 Å². The molecule has 2 aromatic carbocycles. The lowest BCUT2D eigenvalue weighted by atomic mass is 10.1. The summed E-state index contributed by atoms with van der Waals surface area (Å²) in [5.41, 5.74) is 0.906. The molecule has 2 amide bonds. The van der Waals surface area contributed by atoms with E-state index in [1.807, 2.05) is 5.43 Å². The molecule has 0 bridgehead atoms. The molecule has 0 aromatic heterocycles. The van der Waals surface area contributed by atoms with Crippen molar-refractivity contribution in [2.45, 2.75) is 6.18 Å². The highest BCUT2D eigenvalue weighted by Crippen LogP contribution is 2.31. The number of benzene rings is 2. The van der Waals surface area contributed by atoms with Crippen molar-refractivity contribution in [1.29, 1.82) is 0 Å². The van der Waals surface area contributed by atoms with E-state index in [9.17, 15) is 22.8 Å². The SMILES string of the molecule is COc1ccc(NC(=O)C(=O)NN=Cc2ccccc2C(F)(F)F)c(OC)c1. The summed E-state index contributed by atoms with van der Waals surface area (Å²) in [6, 6.07) is 9.19. The highest BCUT2D eigenvalue weighted by molar-refractivity contribution is 6.39. The van der Waals surface area contributed by atoms with Crippen molar-refractivity contribution < 1.29 is 32.2 Å². The normalized spacial score (nSPS) is 11.2. The number of nitrogens with zero attached hydrogens (tertiary/aromatic N) is 1. The summed E-state index contributed by atoms with van der Waals surface area (Å²) in [6.07, 6.45) is -3.77. The van der Waals surface area contributed by atoms with Gasteiger partial charge in [-0.25, -0.2) is 5.43 Å². The summed E-state index contributed by atoms with van der Waals surface area (Å²) < 4.78 is 48.8. The number of hydrazone groups is 1. The summed E-state index contributed by atoms with van der Waals surface area (Å²) in [5.74, 6) is -1.52. The van der Waals surface area contributed by atoms with E-state index in [2.05, 4.69) is 10.4 Å². The highest BCUT2D eigenvalue weighted by Gasteiger charge is 2.32. The lowest BCUT2D eigenvalue weighted by molar-refractivity contribution is -0.137. The number of alkyl halides is 3. The molecule has 0 spiro atoms. The predicted octanol–water partition coefficient (Wildman–Crippen LogP) is 2.81. The Hall–Kier alpha value is -3.56. The van der Waals surface area contributed by atoms with Crippen molar-refractivity contribution in [2.24, 2.45) is 5.10 Å². The van der Waals surface area contributed by atoms with Crippen LogP contribution in [0.15, 0.2) is 47.6 Å². The zero-order valence-corrected chi connectivity index (χ0v) is 14.8. The molecule has 2 rings (SSSR count). The van der Waals surface area contributed by atoms with Crippen LogP contribution in [-0.4, -0.2) is 32.2 Å². The van der Waals surface area contributed by atoms with Crippen LogP contribution < -0.4 is 20.2 Å². The third-order valence-electron chi connectivity index (χ3n) is 3.50. The average Bonchev–Trinajstić information content (AvgIpc) is 2.67. The lowest BCUT2D eigenvalue weighted by Gasteiger charge is -2.11. The Bertz CT molecular complexity index is 898. The van der Waals surface area contributed by atoms with Gasteiger partial charge in [0, 0.05) is 11.6 Å². The fourth-order valence-corrected chi connectivity index (χ4v) is 2.16. The molecule has 0 heterocycles. The Kier molecular flexibility index (Phi) is 6.59. The van der Waals surface area contributed by atoms with Crippen LogP contribution in [0, 0.1) is 0 Å². The second-order valence-electron chi connectivity index (χ2n) is 5.30. The number of rotatable bonds is 5. The fourth-order valence-electron chi connectivity index (χ4n) is 2.16. The first-order chi connectivity index (χ1) is 13.3. The molecule has 0 aliphatic rings. The quantitative estimate of drug-likeness (QED) is 0.463. The Labute approximate surface area is 158 Å². The molecule has 0 aliphatic heterocycles. The van der Waals surface area contributed by atoms with Crippen molar-refractivity contribution >= 4 is 23.7 Å². The molecule has 0 saturated heterocycles. The minimum absolute atomic E-state index is 0.204. The van der Waals surface area contributed by atoms with Gasteiger partial charge in [-0.2, -0.15) is 18.3 Å². The van der Waals surface area contributed by atoms with Crippen molar-refractivity contribution in [3.05, 3.63) is 53.6 Å². The van der Waals surface area contributed by atoms with Gasteiger partial charge in [-0.1, -0.05) is 18.2 Å². The van der Waals surface area contributed by atoms with Gasteiger partial charge in [0.25, 0.3) is 0 Å². The van der Waals surface area contributed by atoms with Gasteiger partial charge in [-0.3, -0.25) is 9.59 Å². The maximum Gasteiger partial charge on any atom is 0.417 e. The summed E-state index contributed by atoms with van der Waals surface area (Å²) in [5, 5.41) is 5.72. The Morgan fingerprint density at radius 3 is 2.39 bits per heavy atom. The van der Waals surface area contributed by atoms with Gasteiger partial charge in [0.15, 0.2) is 0 Å². The number of carbonyl (C=O) groups excluding carboxylic acids is 2.